The molecule has 0 bridgehead atoms. The van der Waals surface area contributed by atoms with Gasteiger partial charge in [-0.15, -0.1) is 0 Å². The number of carbonyl (C=O) groups is 2. The minimum atomic E-state index is -0.856. The highest BCUT2D eigenvalue weighted by atomic mass is 35.5. The summed E-state index contributed by atoms with van der Waals surface area (Å²) >= 11 is 5.70. The maximum Gasteiger partial charge on any atom is 0.240 e. The van der Waals surface area contributed by atoms with E-state index in [9.17, 15) is 14.0 Å². The van der Waals surface area contributed by atoms with E-state index >= 15 is 0 Å². The Morgan fingerprint density at radius 3 is 2.39 bits per heavy atom. The average molecular weight is 336 g/mol. The molecule has 3 N–H and O–H groups in total. The van der Waals surface area contributed by atoms with Crippen molar-refractivity contribution in [3.63, 3.8) is 0 Å². The number of hydrogen-bond acceptors (Lipinski definition) is 3. The molecule has 1 aromatic carbocycles. The lowest BCUT2D eigenvalue weighted by atomic mass is 10.1. The summed E-state index contributed by atoms with van der Waals surface area (Å²) < 4.78 is 12.8. The van der Waals surface area contributed by atoms with Crippen molar-refractivity contribution < 1.29 is 14.0 Å². The third-order valence-corrected chi connectivity index (χ3v) is 3.41. The molecule has 1 aromatic heterocycles. The first-order valence-electron chi connectivity index (χ1n) is 6.87. The molecule has 2 aromatic rings. The highest BCUT2D eigenvalue weighted by Gasteiger charge is 2.19. The molecule has 23 heavy (non-hydrogen) atoms. The maximum atomic E-state index is 12.8. The molecule has 0 unspecified atom stereocenters. The molecular formula is C16H15ClFN3O2. The molecular weight excluding hydrogens is 321 g/mol. The van der Waals surface area contributed by atoms with Gasteiger partial charge in [0.15, 0.2) is 0 Å². The zero-order valence-corrected chi connectivity index (χ0v) is 12.9. The van der Waals surface area contributed by atoms with Crippen LogP contribution in [0.15, 0.2) is 42.6 Å². The van der Waals surface area contributed by atoms with Crippen molar-refractivity contribution in [2.45, 2.75) is 18.9 Å². The molecule has 1 atom stereocenters. The van der Waals surface area contributed by atoms with Gasteiger partial charge in [-0.2, -0.15) is 0 Å². The van der Waals surface area contributed by atoms with Gasteiger partial charge in [-0.05, 0) is 29.3 Å². The molecule has 0 radical (unpaired) electrons. The predicted octanol–water partition coefficient (Wildman–Crippen LogP) is 1.63. The van der Waals surface area contributed by atoms with Crippen LogP contribution in [0.2, 0.25) is 5.15 Å². The Kier molecular flexibility index (Phi) is 5.65. The van der Waals surface area contributed by atoms with Crippen LogP contribution in [0.25, 0.3) is 0 Å². The number of hydrogen-bond donors (Lipinski definition) is 2. The number of aromatic nitrogens is 1. The van der Waals surface area contributed by atoms with Gasteiger partial charge in [0.25, 0.3) is 0 Å². The van der Waals surface area contributed by atoms with Crippen LogP contribution in [-0.4, -0.2) is 22.8 Å². The first-order valence-corrected chi connectivity index (χ1v) is 7.25. The van der Waals surface area contributed by atoms with Gasteiger partial charge < -0.3 is 11.1 Å². The van der Waals surface area contributed by atoms with Crippen LogP contribution in [0.3, 0.4) is 0 Å². The van der Waals surface area contributed by atoms with Crippen molar-refractivity contribution in [3.05, 3.63) is 64.7 Å². The summed E-state index contributed by atoms with van der Waals surface area (Å²) in [5.74, 6) is -1.39. The second-order valence-corrected chi connectivity index (χ2v) is 5.41. The number of nitrogens with one attached hydrogen (secondary N) is 1. The molecule has 1 heterocycles. The first kappa shape index (κ1) is 16.9. The largest absolute Gasteiger partial charge is 0.368 e. The number of nitrogens with two attached hydrogens (primary N) is 1. The molecule has 5 nitrogen and oxygen atoms in total. The van der Waals surface area contributed by atoms with E-state index in [-0.39, 0.29) is 24.6 Å². The van der Waals surface area contributed by atoms with Crippen molar-refractivity contribution in [1.82, 2.24) is 10.3 Å². The van der Waals surface area contributed by atoms with Crippen LogP contribution < -0.4 is 11.1 Å². The molecule has 0 saturated carbocycles. The summed E-state index contributed by atoms with van der Waals surface area (Å²) in [7, 11) is 0. The molecule has 7 heteroatoms. The van der Waals surface area contributed by atoms with Gasteiger partial charge in [0.05, 0.1) is 6.42 Å². The predicted molar refractivity (Wildman–Crippen MR) is 84.2 cm³/mol. The molecule has 2 amide bonds. The van der Waals surface area contributed by atoms with Crippen molar-refractivity contribution in [1.29, 1.82) is 0 Å². The lowest BCUT2D eigenvalue weighted by Crippen LogP contribution is -2.46. The third kappa shape index (κ3) is 5.34. The van der Waals surface area contributed by atoms with Crippen molar-refractivity contribution in [3.8, 4) is 0 Å². The van der Waals surface area contributed by atoms with Crippen molar-refractivity contribution in [2.24, 2.45) is 5.73 Å². The van der Waals surface area contributed by atoms with Gasteiger partial charge >= 0.3 is 0 Å². The molecule has 0 fully saturated rings. The quantitative estimate of drug-likeness (QED) is 0.787. The number of primary amides is 1. The second kappa shape index (κ2) is 7.69. The van der Waals surface area contributed by atoms with Gasteiger partial charge in [-0.1, -0.05) is 29.8 Å². The second-order valence-electron chi connectivity index (χ2n) is 5.02. The summed E-state index contributed by atoms with van der Waals surface area (Å²) in [5.41, 5.74) is 6.69. The monoisotopic (exact) mass is 335 g/mol. The van der Waals surface area contributed by atoms with Crippen LogP contribution in [-0.2, 0) is 22.4 Å². The molecule has 120 valence electrons. The van der Waals surface area contributed by atoms with Crippen molar-refractivity contribution >= 4 is 23.4 Å². The summed E-state index contributed by atoms with van der Waals surface area (Å²) in [4.78, 5) is 27.4. The zero-order valence-electron chi connectivity index (χ0n) is 12.1. The molecule has 0 aliphatic carbocycles. The Morgan fingerprint density at radius 1 is 1.17 bits per heavy atom. The Bertz CT molecular complexity index is 689. The van der Waals surface area contributed by atoms with Crippen LogP contribution in [0.4, 0.5) is 4.39 Å². The van der Waals surface area contributed by atoms with E-state index in [2.05, 4.69) is 10.3 Å². The van der Waals surface area contributed by atoms with E-state index in [0.29, 0.717) is 10.7 Å². The summed E-state index contributed by atoms with van der Waals surface area (Å²) in [6, 6.07) is 8.01. The Labute approximate surface area is 137 Å². The van der Waals surface area contributed by atoms with E-state index < -0.39 is 11.9 Å². The number of rotatable bonds is 6. The fourth-order valence-corrected chi connectivity index (χ4v) is 2.13. The lowest BCUT2D eigenvalue weighted by molar-refractivity contribution is -0.127. The number of amides is 2. The summed E-state index contributed by atoms with van der Waals surface area (Å²) in [5, 5.41) is 2.91. The Hall–Kier alpha value is -2.47. The maximum absolute atomic E-state index is 12.8. The fourth-order valence-electron chi connectivity index (χ4n) is 2.02. The molecule has 0 saturated heterocycles. The summed E-state index contributed by atoms with van der Waals surface area (Å²) in [6.07, 6.45) is 1.77. The van der Waals surface area contributed by atoms with Gasteiger partial charge in [-0.25, -0.2) is 9.37 Å². The SMILES string of the molecule is NC(=O)[C@H](Cc1ccc(Cl)nc1)NC(=O)Cc1ccc(F)cc1. The smallest absolute Gasteiger partial charge is 0.240 e. The van der Waals surface area contributed by atoms with Crippen LogP contribution in [0, 0.1) is 5.82 Å². The zero-order chi connectivity index (χ0) is 16.8. The normalized spacial score (nSPS) is 11.7. The molecule has 0 spiro atoms. The Morgan fingerprint density at radius 2 is 1.83 bits per heavy atom. The van der Waals surface area contributed by atoms with E-state index in [1.807, 2.05) is 0 Å². The lowest BCUT2D eigenvalue weighted by Gasteiger charge is -2.15. The average Bonchev–Trinajstić information content (AvgIpc) is 2.51. The van der Waals surface area contributed by atoms with E-state index in [4.69, 9.17) is 17.3 Å². The van der Waals surface area contributed by atoms with Crippen LogP contribution in [0.1, 0.15) is 11.1 Å². The number of nitrogens with zero attached hydrogens (tertiary/aromatic N) is 1. The highest BCUT2D eigenvalue weighted by molar-refractivity contribution is 6.29. The van der Waals surface area contributed by atoms with Gasteiger partial charge in [0.1, 0.15) is 17.0 Å². The number of pyridine rings is 1. The van der Waals surface area contributed by atoms with Gasteiger partial charge in [-0.3, -0.25) is 9.59 Å². The van der Waals surface area contributed by atoms with E-state index in [0.717, 1.165) is 5.56 Å². The van der Waals surface area contributed by atoms with Gasteiger partial charge in [0.2, 0.25) is 11.8 Å². The number of carbonyl (C=O) groups excluding carboxylic acids is 2. The fraction of sp³-hybridized carbons (Fsp3) is 0.188. The molecule has 2 rings (SSSR count). The number of benzene rings is 1. The highest BCUT2D eigenvalue weighted by Crippen LogP contribution is 2.08. The molecule has 0 aliphatic rings. The van der Waals surface area contributed by atoms with Crippen LogP contribution >= 0.6 is 11.6 Å². The Balaban J connectivity index is 1.98. The first-order chi connectivity index (χ1) is 10.9. The summed E-state index contributed by atoms with van der Waals surface area (Å²) in [6.45, 7) is 0. The topological polar surface area (TPSA) is 85.1 Å². The number of halogens is 2. The molecule has 0 aliphatic heterocycles. The third-order valence-electron chi connectivity index (χ3n) is 3.19. The van der Waals surface area contributed by atoms with Crippen LogP contribution in [0.5, 0.6) is 0 Å². The van der Waals surface area contributed by atoms with E-state index in [1.54, 1.807) is 12.1 Å². The van der Waals surface area contributed by atoms with E-state index in [1.165, 1.54) is 30.5 Å². The van der Waals surface area contributed by atoms with Crippen molar-refractivity contribution in [2.75, 3.05) is 0 Å². The van der Waals surface area contributed by atoms with Gasteiger partial charge in [0, 0.05) is 12.6 Å². The minimum Gasteiger partial charge on any atom is -0.368 e. The minimum absolute atomic E-state index is 0.0307. The standard InChI is InChI=1S/C16H15ClFN3O2/c17-14-6-3-11(9-20-14)7-13(16(19)23)21-15(22)8-10-1-4-12(18)5-2-10/h1-6,9,13H,7-8H2,(H2,19,23)(H,21,22)/t13-/m0/s1.